The quantitative estimate of drug-likeness (QED) is 0.902. The molecule has 1 saturated heterocycles. The van der Waals surface area contributed by atoms with E-state index in [2.05, 4.69) is 40.0 Å². The summed E-state index contributed by atoms with van der Waals surface area (Å²) in [5.74, 6) is 1.23. The highest BCUT2D eigenvalue weighted by atomic mass is 32.2. The molecule has 1 aromatic rings. The zero-order valence-electron chi connectivity index (χ0n) is 10.9. The molecular formula is C14H21N3S. The maximum atomic E-state index is 4.31. The summed E-state index contributed by atoms with van der Waals surface area (Å²) in [5.41, 5.74) is 2.73. The summed E-state index contributed by atoms with van der Waals surface area (Å²) in [6.07, 6.45) is 6.64. The van der Waals surface area contributed by atoms with E-state index in [0.29, 0.717) is 0 Å². The molecule has 18 heavy (non-hydrogen) atoms. The Morgan fingerprint density at radius 3 is 3.17 bits per heavy atom. The number of hydrogen-bond acceptors (Lipinski definition) is 4. The summed E-state index contributed by atoms with van der Waals surface area (Å²) in [6, 6.07) is 2.93. The van der Waals surface area contributed by atoms with Crippen LogP contribution in [0.5, 0.6) is 0 Å². The van der Waals surface area contributed by atoms with Crippen LogP contribution in [0, 0.1) is 0 Å². The van der Waals surface area contributed by atoms with E-state index in [4.69, 9.17) is 0 Å². The van der Waals surface area contributed by atoms with Crippen LogP contribution in [0.2, 0.25) is 0 Å². The highest BCUT2D eigenvalue weighted by Crippen LogP contribution is 2.27. The average Bonchev–Trinajstić information content (AvgIpc) is 3.21. The number of pyridine rings is 1. The molecule has 1 saturated carbocycles. The Bertz CT molecular complexity index is 406. The normalized spacial score (nSPS) is 24.3. The van der Waals surface area contributed by atoms with Crippen LogP contribution in [0.25, 0.3) is 0 Å². The van der Waals surface area contributed by atoms with Crippen molar-refractivity contribution < 1.29 is 0 Å². The van der Waals surface area contributed by atoms with Crippen molar-refractivity contribution >= 4 is 17.4 Å². The van der Waals surface area contributed by atoms with Gasteiger partial charge in [-0.1, -0.05) is 6.92 Å². The van der Waals surface area contributed by atoms with Gasteiger partial charge in [-0.3, -0.25) is 4.98 Å². The van der Waals surface area contributed by atoms with E-state index >= 15 is 0 Å². The van der Waals surface area contributed by atoms with Crippen molar-refractivity contribution in [3.63, 3.8) is 0 Å². The molecule has 1 aromatic heterocycles. The van der Waals surface area contributed by atoms with E-state index in [1.807, 2.05) is 12.4 Å². The molecule has 1 unspecified atom stereocenters. The number of aromatic nitrogens is 1. The second-order valence-electron chi connectivity index (χ2n) is 5.29. The molecule has 1 N–H and O–H groups in total. The van der Waals surface area contributed by atoms with Crippen LogP contribution in [-0.4, -0.2) is 35.1 Å². The van der Waals surface area contributed by atoms with Gasteiger partial charge in [-0.2, -0.15) is 11.8 Å². The fourth-order valence-electron chi connectivity index (χ4n) is 2.43. The van der Waals surface area contributed by atoms with Crippen LogP contribution in [-0.2, 0) is 6.54 Å². The molecule has 0 radical (unpaired) electrons. The van der Waals surface area contributed by atoms with E-state index in [1.165, 1.54) is 29.8 Å². The topological polar surface area (TPSA) is 28.2 Å². The summed E-state index contributed by atoms with van der Waals surface area (Å²) >= 11 is 2.07. The van der Waals surface area contributed by atoms with Crippen molar-refractivity contribution in [2.45, 2.75) is 37.6 Å². The van der Waals surface area contributed by atoms with Crippen molar-refractivity contribution in [3.8, 4) is 0 Å². The zero-order chi connectivity index (χ0) is 12.4. The van der Waals surface area contributed by atoms with Crippen LogP contribution in [0.3, 0.4) is 0 Å². The van der Waals surface area contributed by atoms with Crippen LogP contribution >= 0.6 is 11.8 Å². The van der Waals surface area contributed by atoms with E-state index < -0.39 is 0 Å². The standard InChI is InChI=1S/C14H21N3S/c1-11-10-17(6-7-18-11)14-9-15-5-4-12(14)8-16-13-2-3-13/h4-5,9,11,13,16H,2-3,6-8,10H2,1H3. The SMILES string of the molecule is CC1CN(c2cnccc2CNC2CC2)CCS1. The molecule has 1 aliphatic carbocycles. The van der Waals surface area contributed by atoms with Gasteiger partial charge in [-0.15, -0.1) is 0 Å². The molecule has 2 aliphatic rings. The van der Waals surface area contributed by atoms with Crippen LogP contribution < -0.4 is 10.2 Å². The number of nitrogens with one attached hydrogen (secondary N) is 1. The van der Waals surface area contributed by atoms with Crippen molar-refractivity contribution in [1.29, 1.82) is 0 Å². The summed E-state index contributed by atoms with van der Waals surface area (Å²) in [4.78, 5) is 6.81. The summed E-state index contributed by atoms with van der Waals surface area (Å²) in [6.45, 7) is 5.60. The number of nitrogens with zero attached hydrogens (tertiary/aromatic N) is 2. The Morgan fingerprint density at radius 1 is 1.50 bits per heavy atom. The molecule has 0 spiro atoms. The molecule has 1 atom stereocenters. The summed E-state index contributed by atoms with van der Waals surface area (Å²) < 4.78 is 0. The van der Waals surface area contributed by atoms with Crippen molar-refractivity contribution in [3.05, 3.63) is 24.0 Å². The van der Waals surface area contributed by atoms with Gasteiger partial charge in [0.1, 0.15) is 0 Å². The third-order valence-electron chi connectivity index (χ3n) is 3.63. The Kier molecular flexibility index (Phi) is 3.75. The minimum Gasteiger partial charge on any atom is -0.368 e. The van der Waals surface area contributed by atoms with Gasteiger partial charge < -0.3 is 10.2 Å². The highest BCUT2D eigenvalue weighted by molar-refractivity contribution is 8.00. The zero-order valence-corrected chi connectivity index (χ0v) is 11.7. The molecule has 0 aromatic carbocycles. The molecule has 0 bridgehead atoms. The number of rotatable bonds is 4. The van der Waals surface area contributed by atoms with Crippen molar-refractivity contribution in [1.82, 2.24) is 10.3 Å². The molecule has 1 aliphatic heterocycles. The molecule has 2 heterocycles. The first-order chi connectivity index (χ1) is 8.83. The smallest absolute Gasteiger partial charge is 0.0599 e. The maximum absolute atomic E-state index is 4.31. The van der Waals surface area contributed by atoms with E-state index in [0.717, 1.165) is 30.9 Å². The number of anilines is 1. The van der Waals surface area contributed by atoms with E-state index in [-0.39, 0.29) is 0 Å². The minimum atomic E-state index is 0.725. The molecule has 3 nitrogen and oxygen atoms in total. The lowest BCUT2D eigenvalue weighted by atomic mass is 10.2. The highest BCUT2D eigenvalue weighted by Gasteiger charge is 2.22. The fraction of sp³-hybridized carbons (Fsp3) is 0.643. The third kappa shape index (κ3) is 2.98. The van der Waals surface area contributed by atoms with Crippen LogP contribution in [0.1, 0.15) is 25.3 Å². The Balaban J connectivity index is 1.72. The largest absolute Gasteiger partial charge is 0.368 e. The predicted molar refractivity (Wildman–Crippen MR) is 78.2 cm³/mol. The van der Waals surface area contributed by atoms with Crippen LogP contribution in [0.15, 0.2) is 18.5 Å². The molecule has 0 amide bonds. The van der Waals surface area contributed by atoms with Gasteiger partial charge in [0, 0.05) is 42.9 Å². The van der Waals surface area contributed by atoms with E-state index in [9.17, 15) is 0 Å². The van der Waals surface area contributed by atoms with E-state index in [1.54, 1.807) is 0 Å². The van der Waals surface area contributed by atoms with Gasteiger partial charge in [0.25, 0.3) is 0 Å². The Labute approximate surface area is 113 Å². The lowest BCUT2D eigenvalue weighted by Gasteiger charge is -2.33. The van der Waals surface area contributed by atoms with Gasteiger partial charge in [-0.05, 0) is 24.5 Å². The monoisotopic (exact) mass is 263 g/mol. The third-order valence-corrected chi connectivity index (χ3v) is 4.76. The minimum absolute atomic E-state index is 0.725. The second-order valence-corrected chi connectivity index (χ2v) is 6.83. The molecule has 4 heteroatoms. The van der Waals surface area contributed by atoms with Gasteiger partial charge in [-0.25, -0.2) is 0 Å². The molecule has 98 valence electrons. The molecule has 3 rings (SSSR count). The van der Waals surface area contributed by atoms with Gasteiger partial charge >= 0.3 is 0 Å². The summed E-state index contributed by atoms with van der Waals surface area (Å²) in [5, 5.41) is 4.33. The first-order valence-electron chi connectivity index (χ1n) is 6.86. The molecule has 2 fully saturated rings. The maximum Gasteiger partial charge on any atom is 0.0599 e. The summed E-state index contributed by atoms with van der Waals surface area (Å²) in [7, 11) is 0. The van der Waals surface area contributed by atoms with Crippen LogP contribution in [0.4, 0.5) is 5.69 Å². The Hall–Kier alpha value is -0.740. The molecular weight excluding hydrogens is 242 g/mol. The van der Waals surface area contributed by atoms with Gasteiger partial charge in [0.05, 0.1) is 11.9 Å². The number of hydrogen-bond donors (Lipinski definition) is 1. The lowest BCUT2D eigenvalue weighted by molar-refractivity contribution is 0.680. The van der Waals surface area contributed by atoms with Gasteiger partial charge in [0.15, 0.2) is 0 Å². The number of thioether (sulfide) groups is 1. The average molecular weight is 263 g/mol. The first kappa shape index (κ1) is 12.3. The first-order valence-corrected chi connectivity index (χ1v) is 7.90. The second kappa shape index (κ2) is 5.49. The Morgan fingerprint density at radius 2 is 2.39 bits per heavy atom. The van der Waals surface area contributed by atoms with Gasteiger partial charge in [0.2, 0.25) is 0 Å². The predicted octanol–water partition coefficient (Wildman–Crippen LogP) is 2.28. The fourth-order valence-corrected chi connectivity index (χ4v) is 3.44. The van der Waals surface area contributed by atoms with Crippen molar-refractivity contribution in [2.75, 3.05) is 23.7 Å². The lowest BCUT2D eigenvalue weighted by Crippen LogP contribution is -2.37. The van der Waals surface area contributed by atoms with Crippen molar-refractivity contribution in [2.24, 2.45) is 0 Å².